The van der Waals surface area contributed by atoms with Crippen molar-refractivity contribution in [2.45, 2.75) is 56.4 Å². The van der Waals surface area contributed by atoms with Gasteiger partial charge in [-0.25, -0.2) is 19.5 Å². The van der Waals surface area contributed by atoms with E-state index in [1.807, 2.05) is 53.4 Å². The highest BCUT2D eigenvalue weighted by atomic mass is 16.5. The first kappa shape index (κ1) is 25.9. The third kappa shape index (κ3) is 2.91. The van der Waals surface area contributed by atoms with Crippen LogP contribution in [0.2, 0.25) is 0 Å². The van der Waals surface area contributed by atoms with Gasteiger partial charge in [-0.1, -0.05) is 0 Å². The van der Waals surface area contributed by atoms with Gasteiger partial charge in [0.2, 0.25) is 11.6 Å². The summed E-state index contributed by atoms with van der Waals surface area (Å²) in [4.78, 5) is 45.4. The summed E-state index contributed by atoms with van der Waals surface area (Å²) < 4.78 is 17.2. The van der Waals surface area contributed by atoms with Gasteiger partial charge in [-0.05, 0) is 62.6 Å². The summed E-state index contributed by atoms with van der Waals surface area (Å²) in [6.07, 6.45) is 3.85. The van der Waals surface area contributed by atoms with Crippen molar-refractivity contribution < 1.29 is 28.6 Å². The molecule has 42 heavy (non-hydrogen) atoms. The number of carbonyl (C=O) groups excluding carboxylic acids is 3. The highest BCUT2D eigenvalue weighted by molar-refractivity contribution is 6.40. The van der Waals surface area contributed by atoms with Crippen LogP contribution in [0.5, 0.6) is 5.75 Å². The summed E-state index contributed by atoms with van der Waals surface area (Å²) in [5.74, 6) is -0.225. The number of methoxy groups -OCH3 is 1. The van der Waals surface area contributed by atoms with Crippen LogP contribution in [0.25, 0.3) is 0 Å². The minimum Gasteiger partial charge on any atom is -0.497 e. The van der Waals surface area contributed by atoms with Gasteiger partial charge in [0.25, 0.3) is 0 Å². The first-order valence-corrected chi connectivity index (χ1v) is 14.8. The van der Waals surface area contributed by atoms with Crippen LogP contribution in [-0.2, 0) is 23.9 Å². The van der Waals surface area contributed by atoms with E-state index in [-0.39, 0.29) is 41.5 Å². The van der Waals surface area contributed by atoms with Gasteiger partial charge >= 0.3 is 11.9 Å². The molecular weight excluding hydrogens is 538 g/mol. The number of amides is 2. The Morgan fingerprint density at radius 1 is 1.10 bits per heavy atom. The lowest BCUT2D eigenvalue weighted by atomic mass is 9.62. The maximum absolute atomic E-state index is 15.3. The van der Waals surface area contributed by atoms with E-state index in [4.69, 9.17) is 19.3 Å². The maximum Gasteiger partial charge on any atom is 0.365 e. The number of anilines is 2. The van der Waals surface area contributed by atoms with Gasteiger partial charge < -0.3 is 19.1 Å². The van der Waals surface area contributed by atoms with Crippen molar-refractivity contribution >= 4 is 40.6 Å². The average molecular weight is 573 g/mol. The van der Waals surface area contributed by atoms with Gasteiger partial charge in [0, 0.05) is 37.2 Å². The molecule has 11 nitrogen and oxygen atoms in total. The van der Waals surface area contributed by atoms with Crippen LogP contribution in [0, 0.1) is 5.92 Å². The number of nitrogens with zero attached hydrogens (tertiary/aromatic N) is 5. The van der Waals surface area contributed by atoms with E-state index < -0.39 is 23.1 Å². The summed E-state index contributed by atoms with van der Waals surface area (Å²) in [6.45, 7) is 3.29. The first-order valence-electron chi connectivity index (χ1n) is 14.8. The Kier molecular flexibility index (Phi) is 5.45. The SMILES string of the molecule is CCOC(=O)C1=NN(c2ccc(OC)cc2)C23C(=O)[N+]4(c5ccc(N6CCCCC6=O)cc5)COCC5(CCC4N52)C13. The third-order valence-electron chi connectivity index (χ3n) is 10.3. The topological polar surface area (TPSA) is 101 Å². The Morgan fingerprint density at radius 2 is 1.86 bits per heavy atom. The lowest BCUT2D eigenvalue weighted by Crippen LogP contribution is -2.85. The Balaban J connectivity index is 1.27. The Morgan fingerprint density at radius 3 is 2.57 bits per heavy atom. The van der Waals surface area contributed by atoms with Crippen molar-refractivity contribution in [1.29, 1.82) is 0 Å². The van der Waals surface area contributed by atoms with Gasteiger partial charge in [0.1, 0.15) is 11.4 Å². The molecule has 218 valence electrons. The second-order valence-corrected chi connectivity index (χ2v) is 12.0. The van der Waals surface area contributed by atoms with E-state index in [1.165, 1.54) is 0 Å². The normalized spacial score (nSPS) is 34.6. The van der Waals surface area contributed by atoms with Crippen LogP contribution in [0.1, 0.15) is 39.0 Å². The number of hydrogen-bond donors (Lipinski definition) is 0. The van der Waals surface area contributed by atoms with Crippen LogP contribution >= 0.6 is 0 Å². The molecule has 5 fully saturated rings. The van der Waals surface area contributed by atoms with E-state index in [1.54, 1.807) is 19.0 Å². The molecule has 5 unspecified atom stereocenters. The highest BCUT2D eigenvalue weighted by Crippen LogP contribution is 2.70. The molecule has 5 atom stereocenters. The summed E-state index contributed by atoms with van der Waals surface area (Å²) in [5.41, 5.74) is 0.943. The maximum atomic E-state index is 15.3. The first-order chi connectivity index (χ1) is 20.4. The van der Waals surface area contributed by atoms with Crippen molar-refractivity contribution in [2.24, 2.45) is 11.0 Å². The van der Waals surface area contributed by atoms with Crippen molar-refractivity contribution in [3.05, 3.63) is 48.5 Å². The number of hydrazone groups is 1. The van der Waals surface area contributed by atoms with Crippen molar-refractivity contribution in [1.82, 2.24) is 9.38 Å². The lowest BCUT2D eigenvalue weighted by molar-refractivity contribution is -0.181. The van der Waals surface area contributed by atoms with E-state index in [0.29, 0.717) is 31.0 Å². The summed E-state index contributed by atoms with van der Waals surface area (Å²) in [6, 6.07) is 15.3. The molecule has 4 bridgehead atoms. The molecule has 6 heterocycles. The zero-order chi connectivity index (χ0) is 28.9. The molecule has 2 aromatic carbocycles. The molecule has 8 rings (SSSR count). The van der Waals surface area contributed by atoms with Crippen molar-refractivity contribution in [3.8, 4) is 5.75 Å². The third-order valence-corrected chi connectivity index (χ3v) is 10.3. The fraction of sp³-hybridized carbons (Fsp3) is 0.484. The molecule has 11 heteroatoms. The van der Waals surface area contributed by atoms with E-state index >= 15 is 4.79 Å². The molecule has 0 N–H and O–H groups in total. The number of ether oxygens (including phenoxy) is 3. The van der Waals surface area contributed by atoms with Gasteiger partial charge in [-0.3, -0.25) is 4.79 Å². The molecule has 0 aromatic heterocycles. The zero-order valence-electron chi connectivity index (χ0n) is 23.8. The molecule has 5 saturated heterocycles. The molecule has 6 aliphatic heterocycles. The van der Waals surface area contributed by atoms with Gasteiger partial charge in [-0.2, -0.15) is 9.58 Å². The number of benzene rings is 2. The zero-order valence-corrected chi connectivity index (χ0v) is 23.8. The molecule has 2 aromatic rings. The largest absolute Gasteiger partial charge is 0.497 e. The molecule has 2 amide bonds. The highest BCUT2D eigenvalue weighted by Gasteiger charge is 2.94. The van der Waals surface area contributed by atoms with Crippen molar-refractivity contribution in [2.75, 3.05) is 43.5 Å². The second kappa shape index (κ2) is 8.85. The average Bonchev–Trinajstić information content (AvgIpc) is 3.52. The molecule has 6 aliphatic rings. The number of quaternary nitrogens is 1. The molecule has 0 aliphatic carbocycles. The van der Waals surface area contributed by atoms with Crippen LogP contribution in [-0.4, -0.2) is 79.4 Å². The predicted octanol–water partition coefficient (Wildman–Crippen LogP) is 2.97. The number of rotatable bonds is 6. The fourth-order valence-corrected chi connectivity index (χ4v) is 8.72. The van der Waals surface area contributed by atoms with Gasteiger partial charge in [-0.15, -0.1) is 0 Å². The monoisotopic (exact) mass is 572 g/mol. The Bertz CT molecular complexity index is 1530. The number of esters is 1. The lowest BCUT2D eigenvalue weighted by Gasteiger charge is -2.61. The number of carbonyl (C=O) groups is 3. The minimum atomic E-state index is -1.18. The van der Waals surface area contributed by atoms with Crippen LogP contribution in [0.3, 0.4) is 0 Å². The van der Waals surface area contributed by atoms with E-state index in [0.717, 1.165) is 37.1 Å². The quantitative estimate of drug-likeness (QED) is 0.385. The summed E-state index contributed by atoms with van der Waals surface area (Å²) in [7, 11) is 1.61. The summed E-state index contributed by atoms with van der Waals surface area (Å²) in [5, 5.41) is 6.64. The number of piperidine rings is 1. The van der Waals surface area contributed by atoms with Crippen LogP contribution in [0.4, 0.5) is 17.1 Å². The van der Waals surface area contributed by atoms with Gasteiger partial charge in [0.15, 0.2) is 18.6 Å². The molecule has 0 saturated carbocycles. The van der Waals surface area contributed by atoms with E-state index in [2.05, 4.69) is 4.90 Å². The molecular formula is C31H34N5O6+. The Hall–Kier alpha value is -3.80. The van der Waals surface area contributed by atoms with Gasteiger partial charge in [0.05, 0.1) is 37.5 Å². The fourth-order valence-electron chi connectivity index (χ4n) is 8.72. The summed E-state index contributed by atoms with van der Waals surface area (Å²) >= 11 is 0. The standard InChI is InChI=1S/C31H34N5O6/c1-3-42-28(38)26-27-30-16-15-24-34(30)31(27,35(32-26)21-9-13-23(40-2)14-10-21)29(39)36(24,19-41-18-30)22-11-7-20(8-12-22)33-17-5-4-6-25(33)37/h7-14,24,27H,3-6,15-19H2,1-2H3/q+1. The smallest absolute Gasteiger partial charge is 0.365 e. The Labute approximate surface area is 243 Å². The minimum absolute atomic E-state index is 0.00917. The number of hydrogen-bond acceptors (Lipinski definition) is 9. The van der Waals surface area contributed by atoms with Crippen LogP contribution < -0.4 is 19.1 Å². The second-order valence-electron chi connectivity index (χ2n) is 12.0. The molecule has 1 spiro atoms. The van der Waals surface area contributed by atoms with Crippen molar-refractivity contribution in [3.63, 3.8) is 0 Å². The van der Waals surface area contributed by atoms with E-state index in [9.17, 15) is 9.59 Å². The van der Waals surface area contributed by atoms with Crippen LogP contribution in [0.15, 0.2) is 53.6 Å². The predicted molar refractivity (Wildman–Crippen MR) is 154 cm³/mol. The molecule has 0 radical (unpaired) electrons.